The Balaban J connectivity index is 1.48. The number of carbonyl (C=O) groups excluding carboxylic acids is 1. The third-order valence-corrected chi connectivity index (χ3v) is 7.82. The van der Waals surface area contributed by atoms with Crippen molar-refractivity contribution in [2.75, 3.05) is 31.0 Å². The van der Waals surface area contributed by atoms with Crippen LogP contribution in [0, 0.1) is 5.41 Å². The van der Waals surface area contributed by atoms with Crippen molar-refractivity contribution in [3.63, 3.8) is 0 Å². The number of hydrogen-bond donors (Lipinski definition) is 0. The highest BCUT2D eigenvalue weighted by Gasteiger charge is 2.46. The minimum absolute atomic E-state index is 0.0409. The molecule has 1 spiro atoms. The van der Waals surface area contributed by atoms with E-state index in [0.29, 0.717) is 6.42 Å². The van der Waals surface area contributed by atoms with E-state index < -0.39 is 0 Å². The van der Waals surface area contributed by atoms with Gasteiger partial charge in [0.05, 0.1) is 19.1 Å². The summed E-state index contributed by atoms with van der Waals surface area (Å²) in [5.74, 6) is 3.59. The molecule has 2 heterocycles. The van der Waals surface area contributed by atoms with Crippen LogP contribution in [0.4, 0.5) is 0 Å². The third kappa shape index (κ3) is 4.11. The van der Waals surface area contributed by atoms with Crippen LogP contribution < -0.4 is 0 Å². The van der Waals surface area contributed by atoms with Gasteiger partial charge in [-0.25, -0.2) is 0 Å². The van der Waals surface area contributed by atoms with E-state index in [9.17, 15) is 4.79 Å². The van der Waals surface area contributed by atoms with Gasteiger partial charge in [0.2, 0.25) is 0 Å². The molecule has 0 bridgehead atoms. The monoisotopic (exact) mass is 330 g/mol. The van der Waals surface area contributed by atoms with Crippen LogP contribution in [0.3, 0.4) is 0 Å². The summed E-state index contributed by atoms with van der Waals surface area (Å²) in [4.78, 5) is 11.5. The van der Waals surface area contributed by atoms with Gasteiger partial charge in [-0.15, -0.1) is 0 Å². The largest absolute Gasteiger partial charge is 0.469 e. The number of rotatable bonds is 5. The van der Waals surface area contributed by atoms with Crippen molar-refractivity contribution in [2.45, 2.75) is 55.8 Å². The SMILES string of the molecule is COC(=O)CC1(CSC2CCOC3(CCSCC3)C2)CC1. The number of thioether (sulfide) groups is 2. The Hall–Kier alpha value is 0.130. The smallest absolute Gasteiger partial charge is 0.306 e. The average Bonchev–Trinajstić information content (AvgIpc) is 3.26. The van der Waals surface area contributed by atoms with Gasteiger partial charge in [-0.2, -0.15) is 23.5 Å². The van der Waals surface area contributed by atoms with Gasteiger partial charge in [0, 0.05) is 11.9 Å². The highest BCUT2D eigenvalue weighted by atomic mass is 32.2. The van der Waals surface area contributed by atoms with Crippen LogP contribution in [0.5, 0.6) is 0 Å². The number of esters is 1. The van der Waals surface area contributed by atoms with Gasteiger partial charge in [-0.1, -0.05) is 0 Å². The van der Waals surface area contributed by atoms with Crippen LogP contribution in [-0.4, -0.2) is 47.8 Å². The van der Waals surface area contributed by atoms with Crippen molar-refractivity contribution in [3.05, 3.63) is 0 Å². The van der Waals surface area contributed by atoms with Crippen LogP contribution >= 0.6 is 23.5 Å². The molecule has 1 aliphatic carbocycles. The first-order valence-electron chi connectivity index (χ1n) is 8.06. The molecule has 2 saturated heterocycles. The molecule has 3 fully saturated rings. The molecule has 5 heteroatoms. The second-order valence-corrected chi connectivity index (χ2v) is 9.34. The maximum atomic E-state index is 11.5. The molecule has 0 aromatic heterocycles. The predicted octanol–water partition coefficient (Wildman–Crippen LogP) is 3.51. The normalized spacial score (nSPS) is 30.0. The zero-order valence-corrected chi connectivity index (χ0v) is 14.5. The summed E-state index contributed by atoms with van der Waals surface area (Å²) in [6.07, 6.45) is 7.84. The lowest BCUT2D eigenvalue weighted by Crippen LogP contribution is -2.43. The lowest BCUT2D eigenvalue weighted by atomic mass is 9.88. The van der Waals surface area contributed by atoms with Crippen molar-refractivity contribution in [3.8, 4) is 0 Å². The fourth-order valence-electron chi connectivity index (χ4n) is 3.44. The lowest BCUT2D eigenvalue weighted by molar-refractivity contribution is -0.141. The molecule has 0 radical (unpaired) electrons. The molecule has 1 unspecified atom stereocenters. The molecule has 0 aromatic rings. The number of carbonyl (C=O) groups is 1. The highest BCUT2D eigenvalue weighted by Crippen LogP contribution is 2.53. The quantitative estimate of drug-likeness (QED) is 0.721. The van der Waals surface area contributed by atoms with Gasteiger partial charge in [-0.05, 0) is 61.2 Å². The number of ether oxygens (including phenoxy) is 2. The van der Waals surface area contributed by atoms with Crippen molar-refractivity contribution in [2.24, 2.45) is 5.41 Å². The van der Waals surface area contributed by atoms with Crippen molar-refractivity contribution < 1.29 is 14.3 Å². The fourth-order valence-corrected chi connectivity index (χ4v) is 6.34. The van der Waals surface area contributed by atoms with Crippen LogP contribution in [0.2, 0.25) is 0 Å². The Kier molecular flexibility index (Phi) is 5.12. The van der Waals surface area contributed by atoms with E-state index in [0.717, 1.165) is 17.6 Å². The first-order chi connectivity index (χ1) is 10.2. The minimum Gasteiger partial charge on any atom is -0.469 e. The summed E-state index contributed by atoms with van der Waals surface area (Å²) in [6, 6.07) is 0. The Morgan fingerprint density at radius 2 is 2.10 bits per heavy atom. The standard InChI is InChI=1S/C16H26O3S2/c1-18-14(17)11-15(3-4-15)12-21-13-2-7-19-16(10-13)5-8-20-9-6-16/h13H,2-12H2,1H3. The highest BCUT2D eigenvalue weighted by molar-refractivity contribution is 8.00. The van der Waals surface area contributed by atoms with E-state index in [1.54, 1.807) is 0 Å². The molecule has 1 saturated carbocycles. The Morgan fingerprint density at radius 1 is 1.33 bits per heavy atom. The Morgan fingerprint density at radius 3 is 2.76 bits per heavy atom. The first kappa shape index (κ1) is 16.0. The maximum Gasteiger partial charge on any atom is 0.306 e. The zero-order chi connectivity index (χ0) is 14.8. The molecule has 0 aromatic carbocycles. The molecular weight excluding hydrogens is 304 g/mol. The molecule has 2 aliphatic heterocycles. The van der Waals surface area contributed by atoms with Crippen molar-refractivity contribution in [1.29, 1.82) is 0 Å². The van der Waals surface area contributed by atoms with Crippen LogP contribution in [0.15, 0.2) is 0 Å². The van der Waals surface area contributed by atoms with E-state index in [-0.39, 0.29) is 17.0 Å². The summed E-state index contributed by atoms with van der Waals surface area (Å²) in [5.41, 5.74) is 0.436. The molecule has 1 atom stereocenters. The number of hydrogen-bond acceptors (Lipinski definition) is 5. The van der Waals surface area contributed by atoms with Gasteiger partial charge in [0.1, 0.15) is 0 Å². The molecule has 0 N–H and O–H groups in total. The predicted molar refractivity (Wildman–Crippen MR) is 89.0 cm³/mol. The summed E-state index contributed by atoms with van der Waals surface area (Å²) in [6.45, 7) is 0.923. The summed E-state index contributed by atoms with van der Waals surface area (Å²) in [7, 11) is 1.49. The maximum absolute atomic E-state index is 11.5. The first-order valence-corrected chi connectivity index (χ1v) is 10.3. The van der Waals surface area contributed by atoms with Gasteiger partial charge in [0.15, 0.2) is 0 Å². The van der Waals surface area contributed by atoms with Crippen LogP contribution in [-0.2, 0) is 14.3 Å². The van der Waals surface area contributed by atoms with E-state index in [4.69, 9.17) is 9.47 Å². The van der Waals surface area contributed by atoms with Gasteiger partial charge in [0.25, 0.3) is 0 Å². The molecule has 0 amide bonds. The van der Waals surface area contributed by atoms with Gasteiger partial charge >= 0.3 is 5.97 Å². The van der Waals surface area contributed by atoms with Crippen LogP contribution in [0.25, 0.3) is 0 Å². The second kappa shape index (κ2) is 6.71. The average molecular weight is 331 g/mol. The second-order valence-electron chi connectivity index (χ2n) is 6.82. The summed E-state index contributed by atoms with van der Waals surface area (Å²) >= 11 is 4.15. The van der Waals surface area contributed by atoms with Gasteiger partial charge in [-0.3, -0.25) is 4.79 Å². The zero-order valence-electron chi connectivity index (χ0n) is 12.9. The number of methoxy groups -OCH3 is 1. The van der Waals surface area contributed by atoms with Crippen molar-refractivity contribution >= 4 is 29.5 Å². The van der Waals surface area contributed by atoms with E-state index in [1.807, 2.05) is 0 Å². The lowest BCUT2D eigenvalue weighted by Gasteiger charge is -2.43. The summed E-state index contributed by atoms with van der Waals surface area (Å²) < 4.78 is 11.0. The Bertz CT molecular complexity index is 370. The third-order valence-electron chi connectivity index (χ3n) is 5.18. The van der Waals surface area contributed by atoms with E-state index >= 15 is 0 Å². The molecular formula is C16H26O3S2. The molecule has 3 nitrogen and oxygen atoms in total. The van der Waals surface area contributed by atoms with Gasteiger partial charge < -0.3 is 9.47 Å². The van der Waals surface area contributed by atoms with Crippen molar-refractivity contribution in [1.82, 2.24) is 0 Å². The molecule has 120 valence electrons. The fraction of sp³-hybridized carbons (Fsp3) is 0.938. The Labute approximate surface area is 136 Å². The van der Waals surface area contributed by atoms with E-state index in [1.165, 1.54) is 57.1 Å². The molecule has 3 rings (SSSR count). The summed E-state index contributed by atoms with van der Waals surface area (Å²) in [5, 5.41) is 0.719. The molecule has 3 aliphatic rings. The topological polar surface area (TPSA) is 35.5 Å². The van der Waals surface area contributed by atoms with E-state index in [2.05, 4.69) is 23.5 Å². The van der Waals surface area contributed by atoms with Crippen LogP contribution in [0.1, 0.15) is 44.9 Å². The molecule has 21 heavy (non-hydrogen) atoms. The minimum atomic E-state index is -0.0409.